The Balaban J connectivity index is 4.21. The van der Waals surface area contributed by atoms with Gasteiger partial charge in [0.05, 0.1) is 0 Å². The first kappa shape index (κ1) is 78.8. The molecule has 0 aromatic rings. The van der Waals surface area contributed by atoms with Gasteiger partial charge in [0.1, 0.15) is 13.2 Å². The molecule has 0 heterocycles. The van der Waals surface area contributed by atoms with Gasteiger partial charge in [0.2, 0.25) is 0 Å². The molecule has 0 aromatic heterocycles. The van der Waals surface area contributed by atoms with Gasteiger partial charge in [-0.1, -0.05) is 357 Å². The maximum atomic E-state index is 12.9. The molecule has 82 heavy (non-hydrogen) atoms. The Morgan fingerprint density at radius 2 is 0.476 bits per heavy atom. The molecule has 0 saturated heterocycles. The first-order valence-electron chi connectivity index (χ1n) is 35.9. The molecule has 0 aliphatic carbocycles. The van der Waals surface area contributed by atoms with Crippen molar-refractivity contribution in [3.8, 4) is 0 Å². The van der Waals surface area contributed by atoms with Crippen LogP contribution in [-0.4, -0.2) is 37.2 Å². The van der Waals surface area contributed by atoms with E-state index in [1.807, 2.05) is 0 Å². The third-order valence-electron chi connectivity index (χ3n) is 16.0. The van der Waals surface area contributed by atoms with Gasteiger partial charge < -0.3 is 14.2 Å². The van der Waals surface area contributed by atoms with Crippen molar-refractivity contribution in [2.45, 2.75) is 380 Å². The smallest absolute Gasteiger partial charge is 0.306 e. The summed E-state index contributed by atoms with van der Waals surface area (Å²) in [4.78, 5) is 38.4. The summed E-state index contributed by atoms with van der Waals surface area (Å²) in [5, 5.41) is 0. The number of hydrogen-bond acceptors (Lipinski definition) is 6. The standard InChI is InChI=1S/C76H136O6/c1-4-7-10-13-16-19-22-25-27-29-31-33-34-35-36-37-38-39-40-41-42-44-45-47-49-51-54-57-60-63-66-69-75(78)81-72-73(71-80-74(77)68-65-62-59-56-53-24-21-18-15-12-9-6-3)82-76(79)70-67-64-61-58-55-52-50-48-46-43-32-30-28-26-23-20-17-14-11-8-5-2/h8,11,17,20,26,28,32,43,48,50,55,58,73H,4-7,9-10,12-16,18-19,21-25,27,29-31,33-42,44-47,49,51-54,56-57,59-72H2,1-3H3/b11-8-,20-17-,28-26-,43-32-,50-48-,58-55-. The molecule has 1 unspecified atom stereocenters. The molecule has 0 fully saturated rings. The van der Waals surface area contributed by atoms with Gasteiger partial charge in [-0.15, -0.1) is 0 Å². The van der Waals surface area contributed by atoms with Crippen LogP contribution >= 0.6 is 0 Å². The van der Waals surface area contributed by atoms with Crippen LogP contribution in [0, 0.1) is 0 Å². The van der Waals surface area contributed by atoms with Crippen LogP contribution in [0.1, 0.15) is 374 Å². The van der Waals surface area contributed by atoms with Crippen molar-refractivity contribution in [3.63, 3.8) is 0 Å². The first-order valence-corrected chi connectivity index (χ1v) is 35.9. The Labute approximate surface area is 510 Å². The molecular formula is C76H136O6. The van der Waals surface area contributed by atoms with Gasteiger partial charge in [0.15, 0.2) is 6.10 Å². The molecule has 0 radical (unpaired) electrons. The monoisotopic (exact) mass is 1150 g/mol. The highest BCUT2D eigenvalue weighted by Crippen LogP contribution is 2.19. The summed E-state index contributed by atoms with van der Waals surface area (Å²) in [6.07, 6.45) is 92.4. The summed E-state index contributed by atoms with van der Waals surface area (Å²) in [6.45, 7) is 6.54. The molecule has 0 aliphatic rings. The second-order valence-corrected chi connectivity index (χ2v) is 24.1. The molecule has 0 bridgehead atoms. The van der Waals surface area contributed by atoms with Crippen LogP contribution < -0.4 is 0 Å². The third kappa shape index (κ3) is 67.6. The van der Waals surface area contributed by atoms with E-state index < -0.39 is 6.10 Å². The van der Waals surface area contributed by atoms with Gasteiger partial charge in [-0.2, -0.15) is 0 Å². The minimum absolute atomic E-state index is 0.0887. The zero-order valence-electron chi connectivity index (χ0n) is 54.8. The van der Waals surface area contributed by atoms with E-state index in [0.717, 1.165) is 89.9 Å². The number of unbranched alkanes of at least 4 members (excludes halogenated alkanes) is 43. The van der Waals surface area contributed by atoms with Crippen LogP contribution in [-0.2, 0) is 28.6 Å². The predicted molar refractivity (Wildman–Crippen MR) is 358 cm³/mol. The van der Waals surface area contributed by atoms with E-state index in [1.165, 1.54) is 238 Å². The van der Waals surface area contributed by atoms with Crippen molar-refractivity contribution in [2.24, 2.45) is 0 Å². The lowest BCUT2D eigenvalue weighted by atomic mass is 10.0. The molecule has 0 spiro atoms. The molecular weight excluding hydrogens is 1010 g/mol. The van der Waals surface area contributed by atoms with E-state index >= 15 is 0 Å². The summed E-state index contributed by atoms with van der Waals surface area (Å²) >= 11 is 0. The lowest BCUT2D eigenvalue weighted by Gasteiger charge is -2.18. The van der Waals surface area contributed by atoms with Crippen molar-refractivity contribution < 1.29 is 28.6 Å². The molecule has 0 aliphatic heterocycles. The number of ether oxygens (including phenoxy) is 3. The van der Waals surface area contributed by atoms with Gasteiger partial charge in [-0.05, 0) is 70.6 Å². The first-order chi connectivity index (χ1) is 40.5. The fraction of sp³-hybridized carbons (Fsp3) is 0.803. The van der Waals surface area contributed by atoms with E-state index in [2.05, 4.69) is 93.7 Å². The van der Waals surface area contributed by atoms with Crippen LogP contribution in [0.4, 0.5) is 0 Å². The zero-order valence-corrected chi connectivity index (χ0v) is 54.8. The molecule has 0 N–H and O–H groups in total. The van der Waals surface area contributed by atoms with Gasteiger partial charge in [0.25, 0.3) is 0 Å². The lowest BCUT2D eigenvalue weighted by Crippen LogP contribution is -2.30. The number of carbonyl (C=O) groups is 3. The summed E-state index contributed by atoms with van der Waals surface area (Å²) in [7, 11) is 0. The van der Waals surface area contributed by atoms with Crippen LogP contribution in [0.3, 0.4) is 0 Å². The summed E-state index contributed by atoms with van der Waals surface area (Å²) in [5.74, 6) is -0.912. The van der Waals surface area contributed by atoms with Gasteiger partial charge in [-0.25, -0.2) is 0 Å². The summed E-state index contributed by atoms with van der Waals surface area (Å²) < 4.78 is 16.9. The quantitative estimate of drug-likeness (QED) is 0.0261. The number of allylic oxidation sites excluding steroid dienone is 12. The molecule has 6 nitrogen and oxygen atoms in total. The van der Waals surface area contributed by atoms with Crippen molar-refractivity contribution in [1.29, 1.82) is 0 Å². The lowest BCUT2D eigenvalue weighted by molar-refractivity contribution is -0.167. The Bertz CT molecular complexity index is 1500. The van der Waals surface area contributed by atoms with E-state index in [0.29, 0.717) is 19.3 Å². The van der Waals surface area contributed by atoms with Gasteiger partial charge >= 0.3 is 17.9 Å². The van der Waals surface area contributed by atoms with Crippen molar-refractivity contribution in [2.75, 3.05) is 13.2 Å². The molecule has 0 saturated carbocycles. The summed E-state index contributed by atoms with van der Waals surface area (Å²) in [6, 6.07) is 0. The average molecular weight is 1150 g/mol. The number of carbonyl (C=O) groups excluding carboxylic acids is 3. The highest BCUT2D eigenvalue weighted by molar-refractivity contribution is 5.71. The Hall–Kier alpha value is -3.15. The van der Waals surface area contributed by atoms with Crippen LogP contribution in [0.15, 0.2) is 72.9 Å². The van der Waals surface area contributed by atoms with E-state index in [1.54, 1.807) is 0 Å². The molecule has 1 atom stereocenters. The average Bonchev–Trinajstić information content (AvgIpc) is 3.47. The molecule has 6 heteroatoms. The van der Waals surface area contributed by atoms with Crippen molar-refractivity contribution in [1.82, 2.24) is 0 Å². The maximum absolute atomic E-state index is 12.9. The summed E-state index contributed by atoms with van der Waals surface area (Å²) in [5.41, 5.74) is 0. The highest BCUT2D eigenvalue weighted by atomic mass is 16.6. The number of rotatable bonds is 66. The van der Waals surface area contributed by atoms with E-state index in [-0.39, 0.29) is 37.5 Å². The second-order valence-electron chi connectivity index (χ2n) is 24.1. The normalized spacial score (nSPS) is 12.5. The largest absolute Gasteiger partial charge is 0.462 e. The van der Waals surface area contributed by atoms with Gasteiger partial charge in [0, 0.05) is 19.3 Å². The molecule has 0 rings (SSSR count). The predicted octanol–water partition coefficient (Wildman–Crippen LogP) is 24.8. The van der Waals surface area contributed by atoms with Gasteiger partial charge in [-0.3, -0.25) is 14.4 Å². The van der Waals surface area contributed by atoms with E-state index in [9.17, 15) is 14.4 Å². The molecule has 0 aromatic carbocycles. The molecule has 476 valence electrons. The third-order valence-corrected chi connectivity index (χ3v) is 16.0. The SMILES string of the molecule is CC/C=C\C/C=C\C/C=C\C/C=C\C/C=C\C/C=C\CCCCC(=O)OC(COC(=O)CCCCCCCCCCCCCC)COC(=O)CCCCCCCCCCCCCCCCCCCCCCCCCCCCCCCCC. The Kier molecular flexibility index (Phi) is 67.6. The number of hydrogen-bond donors (Lipinski definition) is 0. The highest BCUT2D eigenvalue weighted by Gasteiger charge is 2.19. The minimum Gasteiger partial charge on any atom is -0.462 e. The fourth-order valence-corrected chi connectivity index (χ4v) is 10.6. The zero-order chi connectivity index (χ0) is 59.2. The van der Waals surface area contributed by atoms with Crippen LogP contribution in [0.25, 0.3) is 0 Å². The van der Waals surface area contributed by atoms with Crippen LogP contribution in [0.2, 0.25) is 0 Å². The Morgan fingerprint density at radius 3 is 0.744 bits per heavy atom. The Morgan fingerprint density at radius 1 is 0.256 bits per heavy atom. The van der Waals surface area contributed by atoms with Crippen molar-refractivity contribution in [3.05, 3.63) is 72.9 Å². The van der Waals surface area contributed by atoms with E-state index in [4.69, 9.17) is 14.2 Å². The minimum atomic E-state index is -0.797. The number of esters is 3. The van der Waals surface area contributed by atoms with Crippen LogP contribution in [0.5, 0.6) is 0 Å². The molecule has 0 amide bonds. The fourth-order valence-electron chi connectivity index (χ4n) is 10.6. The topological polar surface area (TPSA) is 78.9 Å². The maximum Gasteiger partial charge on any atom is 0.306 e. The van der Waals surface area contributed by atoms with Crippen molar-refractivity contribution >= 4 is 17.9 Å². The second kappa shape index (κ2) is 70.3.